The van der Waals surface area contributed by atoms with Crippen LogP contribution in [0.2, 0.25) is 0 Å². The van der Waals surface area contributed by atoms with Crippen LogP contribution in [-0.4, -0.2) is 47.4 Å². The highest BCUT2D eigenvalue weighted by atomic mass is 19.4. The molecule has 7 nitrogen and oxygen atoms in total. The third kappa shape index (κ3) is 5.17. The number of amides is 1. The zero-order valence-electron chi connectivity index (χ0n) is 20.1. The molecule has 0 spiro atoms. The maximum Gasteiger partial charge on any atom is 0.433 e. The number of benzene rings is 1. The Balaban J connectivity index is 1.46. The van der Waals surface area contributed by atoms with Crippen molar-refractivity contribution < 1.29 is 32.5 Å². The molecule has 0 bridgehead atoms. The summed E-state index contributed by atoms with van der Waals surface area (Å²) in [4.78, 5) is 20.7. The number of aliphatic hydroxyl groups excluding tert-OH is 1. The van der Waals surface area contributed by atoms with Gasteiger partial charge in [0.2, 0.25) is 5.88 Å². The summed E-state index contributed by atoms with van der Waals surface area (Å²) in [6, 6.07) is 11.1. The van der Waals surface area contributed by atoms with E-state index in [2.05, 4.69) is 15.3 Å². The van der Waals surface area contributed by atoms with E-state index in [-0.39, 0.29) is 24.2 Å². The molecule has 1 aliphatic carbocycles. The first kappa shape index (κ1) is 25.2. The second kappa shape index (κ2) is 9.75. The van der Waals surface area contributed by atoms with E-state index in [1.807, 2.05) is 25.1 Å². The molecule has 2 aliphatic rings. The van der Waals surface area contributed by atoms with Crippen molar-refractivity contribution in [3.63, 3.8) is 0 Å². The molecule has 194 valence electrons. The van der Waals surface area contributed by atoms with Gasteiger partial charge in [0.15, 0.2) is 0 Å². The SMILES string of the molecule is Cc1ccc(NC(=O)c2ccnc(C(F)(F)F)c2)cc1-c1cc(C23CCOCC2C3)cc(OCCO)n1. The molecule has 0 radical (unpaired) electrons. The second-order valence-corrected chi connectivity index (χ2v) is 9.44. The van der Waals surface area contributed by atoms with Crippen LogP contribution in [0.4, 0.5) is 18.9 Å². The first-order valence-corrected chi connectivity index (χ1v) is 12.0. The van der Waals surface area contributed by atoms with Gasteiger partial charge in [0, 0.05) is 41.1 Å². The molecule has 10 heteroatoms. The lowest BCUT2D eigenvalue weighted by atomic mass is 9.88. The van der Waals surface area contributed by atoms with Crippen LogP contribution in [0.15, 0.2) is 48.7 Å². The Bertz CT molecular complexity index is 1330. The number of pyridine rings is 2. The molecule has 1 aromatic carbocycles. The van der Waals surface area contributed by atoms with Crippen molar-refractivity contribution in [1.82, 2.24) is 9.97 Å². The summed E-state index contributed by atoms with van der Waals surface area (Å²) in [6.45, 7) is 3.28. The largest absolute Gasteiger partial charge is 0.475 e. The van der Waals surface area contributed by atoms with Gasteiger partial charge in [-0.1, -0.05) is 6.07 Å². The Labute approximate surface area is 211 Å². The van der Waals surface area contributed by atoms with Crippen molar-refractivity contribution in [2.75, 3.05) is 31.7 Å². The number of halogens is 3. The Morgan fingerprint density at radius 3 is 2.84 bits per heavy atom. The van der Waals surface area contributed by atoms with Gasteiger partial charge in [-0.25, -0.2) is 4.98 Å². The number of aryl methyl sites for hydroxylation is 1. The van der Waals surface area contributed by atoms with Gasteiger partial charge < -0.3 is 19.9 Å². The van der Waals surface area contributed by atoms with Crippen molar-refractivity contribution in [2.45, 2.75) is 31.4 Å². The zero-order valence-corrected chi connectivity index (χ0v) is 20.1. The maximum atomic E-state index is 13.0. The fourth-order valence-corrected chi connectivity index (χ4v) is 4.94. The highest BCUT2D eigenvalue weighted by molar-refractivity contribution is 6.04. The van der Waals surface area contributed by atoms with Crippen LogP contribution in [-0.2, 0) is 16.3 Å². The monoisotopic (exact) mass is 513 g/mol. The van der Waals surface area contributed by atoms with Crippen molar-refractivity contribution >= 4 is 11.6 Å². The number of alkyl halides is 3. The van der Waals surface area contributed by atoms with Crippen LogP contribution >= 0.6 is 0 Å². The number of carbonyl (C=O) groups excluding carboxylic acids is 1. The number of anilines is 1. The average Bonchev–Trinajstić information content (AvgIpc) is 3.64. The molecule has 2 atom stereocenters. The molecule has 1 saturated heterocycles. The molecule has 2 N–H and O–H groups in total. The number of aromatic nitrogens is 2. The topological polar surface area (TPSA) is 93.6 Å². The van der Waals surface area contributed by atoms with E-state index >= 15 is 0 Å². The first-order valence-electron chi connectivity index (χ1n) is 12.0. The molecular weight excluding hydrogens is 487 g/mol. The Morgan fingerprint density at radius 1 is 1.24 bits per heavy atom. The smallest absolute Gasteiger partial charge is 0.433 e. The standard InChI is InChI=1S/C27H26F3N3O4/c1-16-2-3-20(32-25(35)17-4-6-31-23(10-17)27(28,29)30)13-21(16)22-11-18(12-24(33-22)37-9-7-34)26-5-8-36-15-19(26)14-26/h2-4,6,10-13,19,34H,5,7-9,14-15H2,1H3,(H,32,35). The summed E-state index contributed by atoms with van der Waals surface area (Å²) >= 11 is 0. The van der Waals surface area contributed by atoms with E-state index in [0.717, 1.165) is 48.4 Å². The van der Waals surface area contributed by atoms with Gasteiger partial charge >= 0.3 is 6.18 Å². The van der Waals surface area contributed by atoms with Crippen LogP contribution in [0.3, 0.4) is 0 Å². The molecule has 37 heavy (non-hydrogen) atoms. The van der Waals surface area contributed by atoms with E-state index in [1.165, 1.54) is 6.07 Å². The van der Waals surface area contributed by atoms with Crippen molar-refractivity contribution in [2.24, 2.45) is 5.92 Å². The number of aliphatic hydroxyl groups is 1. The lowest BCUT2D eigenvalue weighted by molar-refractivity contribution is -0.141. The molecule has 3 aromatic rings. The third-order valence-electron chi connectivity index (χ3n) is 7.05. The zero-order chi connectivity index (χ0) is 26.2. The predicted molar refractivity (Wildman–Crippen MR) is 129 cm³/mol. The fourth-order valence-electron chi connectivity index (χ4n) is 4.94. The van der Waals surface area contributed by atoms with E-state index in [9.17, 15) is 23.1 Å². The summed E-state index contributed by atoms with van der Waals surface area (Å²) in [5.74, 6) is 0.160. The Kier molecular flexibility index (Phi) is 6.63. The summed E-state index contributed by atoms with van der Waals surface area (Å²) in [6.07, 6.45) is -1.76. The number of nitrogens with zero attached hydrogens (tertiary/aromatic N) is 2. The predicted octanol–water partition coefficient (Wildman–Crippen LogP) is 4.77. The molecule has 1 amide bonds. The number of hydrogen-bond acceptors (Lipinski definition) is 6. The number of rotatable bonds is 7. The second-order valence-electron chi connectivity index (χ2n) is 9.44. The van der Waals surface area contributed by atoms with Gasteiger partial charge in [-0.2, -0.15) is 13.2 Å². The number of carbonyl (C=O) groups is 1. The molecule has 1 aliphatic heterocycles. The van der Waals surface area contributed by atoms with Gasteiger partial charge in [0.1, 0.15) is 12.3 Å². The number of ether oxygens (including phenoxy) is 2. The summed E-state index contributed by atoms with van der Waals surface area (Å²) in [5.41, 5.74) is 2.54. The lowest BCUT2D eigenvalue weighted by Crippen LogP contribution is -2.22. The third-order valence-corrected chi connectivity index (χ3v) is 7.05. The van der Waals surface area contributed by atoms with Crippen LogP contribution in [0.25, 0.3) is 11.3 Å². The highest BCUT2D eigenvalue weighted by Crippen LogP contribution is 2.59. The number of hydrogen-bond donors (Lipinski definition) is 2. The minimum Gasteiger partial charge on any atom is -0.475 e. The molecule has 1 saturated carbocycles. The fraction of sp³-hybridized carbons (Fsp3) is 0.370. The highest BCUT2D eigenvalue weighted by Gasteiger charge is 2.56. The number of nitrogens with one attached hydrogen (secondary N) is 1. The van der Waals surface area contributed by atoms with Gasteiger partial charge in [-0.3, -0.25) is 9.78 Å². The Morgan fingerprint density at radius 2 is 2.08 bits per heavy atom. The maximum absolute atomic E-state index is 13.0. The lowest BCUT2D eigenvalue weighted by Gasteiger charge is -2.24. The molecular formula is C27H26F3N3O4. The minimum atomic E-state index is -4.65. The van der Waals surface area contributed by atoms with Gasteiger partial charge in [0.25, 0.3) is 5.91 Å². The van der Waals surface area contributed by atoms with Crippen LogP contribution in [0.5, 0.6) is 5.88 Å². The van der Waals surface area contributed by atoms with Crippen molar-refractivity contribution in [3.8, 4) is 17.1 Å². The van der Waals surface area contributed by atoms with Crippen LogP contribution in [0, 0.1) is 12.8 Å². The summed E-state index contributed by atoms with van der Waals surface area (Å²) < 4.78 is 50.4. The van der Waals surface area contributed by atoms with E-state index < -0.39 is 17.8 Å². The summed E-state index contributed by atoms with van der Waals surface area (Å²) in [7, 11) is 0. The van der Waals surface area contributed by atoms with Crippen LogP contribution < -0.4 is 10.1 Å². The van der Waals surface area contributed by atoms with E-state index in [4.69, 9.17) is 9.47 Å². The molecule has 2 aromatic heterocycles. The molecule has 2 fully saturated rings. The van der Waals surface area contributed by atoms with E-state index in [0.29, 0.717) is 29.8 Å². The number of fused-ring (bicyclic) bond motifs is 1. The van der Waals surface area contributed by atoms with E-state index in [1.54, 1.807) is 12.1 Å². The molecule has 5 rings (SSSR count). The molecule has 2 unspecified atom stereocenters. The van der Waals surface area contributed by atoms with Gasteiger partial charge in [0.05, 0.1) is 18.9 Å². The van der Waals surface area contributed by atoms with Crippen LogP contribution in [0.1, 0.15) is 40.0 Å². The van der Waals surface area contributed by atoms with Crippen molar-refractivity contribution in [1.29, 1.82) is 0 Å². The van der Waals surface area contributed by atoms with Crippen molar-refractivity contribution in [3.05, 3.63) is 71.0 Å². The quantitative estimate of drug-likeness (QED) is 0.473. The Hall–Kier alpha value is -3.50. The van der Waals surface area contributed by atoms with Gasteiger partial charge in [-0.15, -0.1) is 0 Å². The average molecular weight is 514 g/mol. The first-order chi connectivity index (χ1) is 17.7. The van der Waals surface area contributed by atoms with Gasteiger partial charge in [-0.05, 0) is 67.1 Å². The molecule has 3 heterocycles. The minimum absolute atomic E-state index is 0.0184. The summed E-state index contributed by atoms with van der Waals surface area (Å²) in [5, 5.41) is 11.9. The normalized spacial score (nSPS) is 20.7.